The Bertz CT molecular complexity index is 6130. The molecule has 0 bridgehead atoms. The lowest BCUT2D eigenvalue weighted by Crippen LogP contribution is -1.97. The van der Waals surface area contributed by atoms with E-state index in [0.29, 0.717) is 5.82 Å². The Morgan fingerprint density at radius 2 is 0.388 bits per heavy atom. The average Bonchev–Trinajstić information content (AvgIpc) is 1.64. The van der Waals surface area contributed by atoms with E-state index in [0.717, 1.165) is 56.0 Å². The van der Waals surface area contributed by atoms with Crippen molar-refractivity contribution >= 4 is 76.2 Å². The summed E-state index contributed by atoms with van der Waals surface area (Å²) in [7, 11) is 0. The van der Waals surface area contributed by atoms with E-state index in [4.69, 9.17) is 9.97 Å². The molecule has 0 saturated heterocycles. The van der Waals surface area contributed by atoms with Crippen molar-refractivity contribution in [3.05, 3.63) is 394 Å². The third-order valence-electron chi connectivity index (χ3n) is 20.3. The summed E-state index contributed by atoms with van der Waals surface area (Å²) < 4.78 is 7.09. The first-order chi connectivity index (χ1) is 51.0. The lowest BCUT2D eigenvalue weighted by molar-refractivity contribution is 1.18. The average molecular weight is 1310 g/mol. The molecule has 0 radical (unpaired) electrons. The predicted molar refractivity (Wildman–Crippen MR) is 432 cm³/mol. The number of nitrogens with zero attached hydrogens (tertiary/aromatic N) is 5. The SMILES string of the molecule is c1ccc(-c2cc(-c3ccc(-c4ccc(-n5c6ccccc6c6ccccc65)cc4)cc3)cc(-c3nc(-c4ccccc4)cc(-c4ccccc4)n3)c2)cc1.c1ccc2c(c1)c1ccccc1n2-c1ccc(-c2ccc3cc(-c4ccc(-n5c6ccccc6c6ccccc65)cc4)ccc3c2)cc1. The summed E-state index contributed by atoms with van der Waals surface area (Å²) in [5.74, 6) is 0.694. The molecule has 20 rings (SSSR count). The summed E-state index contributed by atoms with van der Waals surface area (Å²) in [5.41, 5.74) is 27.4. The zero-order chi connectivity index (χ0) is 68.2. The van der Waals surface area contributed by atoms with E-state index in [1.807, 2.05) is 12.1 Å². The molecule has 0 atom stereocenters. The second kappa shape index (κ2) is 25.8. The van der Waals surface area contributed by atoms with Crippen LogP contribution in [0.4, 0.5) is 0 Å². The van der Waals surface area contributed by atoms with E-state index in [1.165, 1.54) is 121 Å². The summed E-state index contributed by atoms with van der Waals surface area (Å²) in [6.45, 7) is 0. The molecule has 0 N–H and O–H groups in total. The molecule has 5 nitrogen and oxygen atoms in total. The zero-order valence-corrected chi connectivity index (χ0v) is 56.3. The van der Waals surface area contributed by atoms with Gasteiger partial charge in [-0.3, -0.25) is 0 Å². The second-order valence-corrected chi connectivity index (χ2v) is 26.5. The molecule has 4 aromatic heterocycles. The quantitative estimate of drug-likeness (QED) is 0.129. The lowest BCUT2D eigenvalue weighted by atomic mass is 9.94. The van der Waals surface area contributed by atoms with Crippen molar-refractivity contribution in [2.75, 3.05) is 0 Å². The smallest absolute Gasteiger partial charge is 0.160 e. The molecule has 4 heterocycles. The normalized spacial score (nSPS) is 11.5. The minimum Gasteiger partial charge on any atom is -0.309 e. The van der Waals surface area contributed by atoms with Crippen molar-refractivity contribution in [3.63, 3.8) is 0 Å². The first-order valence-electron chi connectivity index (χ1n) is 35.2. The molecule has 0 saturated carbocycles. The van der Waals surface area contributed by atoms with Crippen molar-refractivity contribution in [1.29, 1.82) is 0 Å². The fourth-order valence-electron chi connectivity index (χ4n) is 15.3. The predicted octanol–water partition coefficient (Wildman–Crippen LogP) is 25.9. The Balaban J connectivity index is 0.000000143. The van der Waals surface area contributed by atoms with Crippen LogP contribution in [0.1, 0.15) is 0 Å². The second-order valence-electron chi connectivity index (χ2n) is 26.5. The highest BCUT2D eigenvalue weighted by Gasteiger charge is 2.18. The van der Waals surface area contributed by atoms with Crippen LogP contribution in [-0.4, -0.2) is 23.7 Å². The van der Waals surface area contributed by atoms with Gasteiger partial charge in [-0.05, 0) is 176 Å². The zero-order valence-electron chi connectivity index (χ0n) is 56.3. The van der Waals surface area contributed by atoms with Crippen molar-refractivity contribution in [3.8, 4) is 107 Å². The molecule has 103 heavy (non-hydrogen) atoms. The minimum atomic E-state index is 0.694. The first kappa shape index (κ1) is 60.4. The maximum absolute atomic E-state index is 5.17. The van der Waals surface area contributed by atoms with Crippen LogP contribution in [0.5, 0.6) is 0 Å². The molecular weight excluding hydrogens is 1250 g/mol. The summed E-state index contributed by atoms with van der Waals surface area (Å²) in [4.78, 5) is 10.3. The maximum Gasteiger partial charge on any atom is 0.160 e. The topological polar surface area (TPSA) is 40.6 Å². The lowest BCUT2D eigenvalue weighted by Gasteiger charge is -2.13. The van der Waals surface area contributed by atoms with Gasteiger partial charge in [-0.1, -0.05) is 285 Å². The van der Waals surface area contributed by atoms with Crippen LogP contribution >= 0.6 is 0 Å². The van der Waals surface area contributed by atoms with Gasteiger partial charge >= 0.3 is 0 Å². The molecular formula is C98H65N5. The van der Waals surface area contributed by atoms with Gasteiger partial charge in [0.25, 0.3) is 0 Å². The van der Waals surface area contributed by atoms with Gasteiger partial charge in [0.1, 0.15) is 0 Å². The molecule has 0 amide bonds. The molecule has 0 aliphatic carbocycles. The molecule has 482 valence electrons. The van der Waals surface area contributed by atoms with Crippen LogP contribution in [0, 0.1) is 0 Å². The van der Waals surface area contributed by atoms with Crippen LogP contribution in [0.2, 0.25) is 0 Å². The number of hydrogen-bond donors (Lipinski definition) is 0. The Morgan fingerprint density at radius 1 is 0.155 bits per heavy atom. The summed E-state index contributed by atoms with van der Waals surface area (Å²) in [5, 5.41) is 10.1. The van der Waals surface area contributed by atoms with Crippen molar-refractivity contribution in [2.45, 2.75) is 0 Å². The van der Waals surface area contributed by atoms with Crippen molar-refractivity contribution < 1.29 is 0 Å². The van der Waals surface area contributed by atoms with Gasteiger partial charge in [0, 0.05) is 66.1 Å². The number of para-hydroxylation sites is 6. The van der Waals surface area contributed by atoms with E-state index in [-0.39, 0.29) is 0 Å². The van der Waals surface area contributed by atoms with Gasteiger partial charge in [-0.15, -0.1) is 0 Å². The van der Waals surface area contributed by atoms with Gasteiger partial charge in [-0.2, -0.15) is 0 Å². The van der Waals surface area contributed by atoms with E-state index in [9.17, 15) is 0 Å². The van der Waals surface area contributed by atoms with Crippen LogP contribution in [0.15, 0.2) is 394 Å². The van der Waals surface area contributed by atoms with Gasteiger partial charge in [0.15, 0.2) is 5.82 Å². The standard InChI is InChI=1S/C52H35N3.C46H30N2/c1-4-14-36(15-5-1)42-32-43(34-44(33-42)52-53-48(40-16-6-2-7-17-40)35-49(54-52)41-18-8-3-9-19-41)39-26-24-37(25-27-39)38-28-30-45(31-29-38)55-50-22-12-10-20-46(50)47-21-11-13-23-51(47)55;1-5-13-43-39(9-1)40-10-2-6-14-44(40)47(43)37-25-21-31(22-26-37)33-17-19-36-30-34(18-20-35(36)29-33)32-23-27-38(28-24-32)48-45-15-7-3-11-41(45)42-12-4-8-16-46(42)48/h1-35H;1-30H. The molecule has 20 aromatic rings. The highest BCUT2D eigenvalue weighted by atomic mass is 15.0. The monoisotopic (exact) mass is 1310 g/mol. The third-order valence-corrected chi connectivity index (χ3v) is 20.3. The molecule has 16 aromatic carbocycles. The van der Waals surface area contributed by atoms with E-state index < -0.39 is 0 Å². The van der Waals surface area contributed by atoms with Gasteiger partial charge in [0.2, 0.25) is 0 Å². The summed E-state index contributed by atoms with van der Waals surface area (Å²) in [6, 6.07) is 141. The maximum atomic E-state index is 5.17. The number of rotatable bonds is 11. The number of hydrogen-bond acceptors (Lipinski definition) is 2. The Labute approximate surface area is 597 Å². The van der Waals surface area contributed by atoms with Crippen LogP contribution in [-0.2, 0) is 0 Å². The van der Waals surface area contributed by atoms with Gasteiger partial charge < -0.3 is 13.7 Å². The van der Waals surface area contributed by atoms with Gasteiger partial charge in [-0.25, -0.2) is 9.97 Å². The molecule has 0 fully saturated rings. The van der Waals surface area contributed by atoms with E-state index in [2.05, 4.69) is 396 Å². The largest absolute Gasteiger partial charge is 0.309 e. The van der Waals surface area contributed by atoms with Crippen LogP contribution in [0.25, 0.3) is 183 Å². The van der Waals surface area contributed by atoms with Crippen molar-refractivity contribution in [2.24, 2.45) is 0 Å². The molecule has 5 heteroatoms. The number of fused-ring (bicyclic) bond motifs is 10. The Morgan fingerprint density at radius 3 is 0.709 bits per heavy atom. The summed E-state index contributed by atoms with van der Waals surface area (Å²) in [6.07, 6.45) is 0. The molecule has 0 spiro atoms. The Hall–Kier alpha value is -13.7. The van der Waals surface area contributed by atoms with Crippen LogP contribution in [0.3, 0.4) is 0 Å². The minimum absolute atomic E-state index is 0.694. The molecule has 0 aliphatic heterocycles. The number of benzene rings is 16. The molecule has 0 unspecified atom stereocenters. The first-order valence-corrected chi connectivity index (χ1v) is 35.2. The van der Waals surface area contributed by atoms with E-state index >= 15 is 0 Å². The molecule has 0 aliphatic rings. The fourth-order valence-corrected chi connectivity index (χ4v) is 15.3. The number of aromatic nitrogens is 5. The Kier molecular flexibility index (Phi) is 15.2. The van der Waals surface area contributed by atoms with Crippen molar-refractivity contribution in [1.82, 2.24) is 23.7 Å². The van der Waals surface area contributed by atoms with Crippen LogP contribution < -0.4 is 0 Å². The third kappa shape index (κ3) is 11.2. The fraction of sp³-hybridized carbons (Fsp3) is 0. The van der Waals surface area contributed by atoms with E-state index in [1.54, 1.807) is 0 Å². The summed E-state index contributed by atoms with van der Waals surface area (Å²) >= 11 is 0. The highest BCUT2D eigenvalue weighted by molar-refractivity contribution is 6.11. The van der Waals surface area contributed by atoms with Gasteiger partial charge in [0.05, 0.1) is 44.5 Å². The highest BCUT2D eigenvalue weighted by Crippen LogP contribution is 2.40.